The number of hydrogen-bond donors (Lipinski definition) is 0. The minimum Gasteiger partial charge on any atom is -0.456 e. The third-order valence-electron chi connectivity index (χ3n) is 17.2. The summed E-state index contributed by atoms with van der Waals surface area (Å²) in [6.45, 7) is 12.0. The summed E-state index contributed by atoms with van der Waals surface area (Å²) in [4.78, 5) is 0. The van der Waals surface area contributed by atoms with Gasteiger partial charge in [0.2, 0.25) is 0 Å². The summed E-state index contributed by atoms with van der Waals surface area (Å²) in [6, 6.07) is 105. The molecule has 0 saturated heterocycles. The standard InChI is InChI=1S/2C40H24O.3C2H6/c2*1-2-12-27-24-38-36(22-26(27)11-1)35-23-28(20-21-37(35)41-38)39-31-15-5-7-17-33(31)40(34-18-8-6-16-32(34)39)30-19-9-13-25-10-3-4-14-29(25)30;3*1-2/h2*1-24H;3*1-2H3. The molecule has 0 aliphatic rings. The van der Waals surface area contributed by atoms with Crippen LogP contribution in [0.2, 0.25) is 0 Å². The van der Waals surface area contributed by atoms with E-state index in [2.05, 4.69) is 291 Å². The predicted octanol–water partition coefficient (Wildman–Crippen LogP) is 26.1. The molecule has 0 aliphatic carbocycles. The van der Waals surface area contributed by atoms with Gasteiger partial charge in [0, 0.05) is 21.5 Å². The van der Waals surface area contributed by atoms with Gasteiger partial charge in [-0.3, -0.25) is 0 Å². The summed E-state index contributed by atoms with van der Waals surface area (Å²) >= 11 is 0. The van der Waals surface area contributed by atoms with Gasteiger partial charge in [-0.05, 0) is 179 Å². The average molecular weight is 1130 g/mol. The topological polar surface area (TPSA) is 26.3 Å². The minimum atomic E-state index is 0.917. The van der Waals surface area contributed by atoms with Crippen LogP contribution in [0.1, 0.15) is 41.5 Å². The number of benzene rings is 16. The highest BCUT2D eigenvalue weighted by Gasteiger charge is 2.22. The van der Waals surface area contributed by atoms with E-state index in [0.717, 1.165) is 43.9 Å². The van der Waals surface area contributed by atoms with Gasteiger partial charge in [0.15, 0.2) is 0 Å². The van der Waals surface area contributed by atoms with Crippen LogP contribution in [0.3, 0.4) is 0 Å². The monoisotopic (exact) mass is 1130 g/mol. The molecule has 0 radical (unpaired) electrons. The summed E-state index contributed by atoms with van der Waals surface area (Å²) < 4.78 is 12.7. The van der Waals surface area contributed by atoms with E-state index in [-0.39, 0.29) is 0 Å². The maximum atomic E-state index is 6.34. The van der Waals surface area contributed by atoms with Crippen LogP contribution in [0.15, 0.2) is 300 Å². The van der Waals surface area contributed by atoms with Gasteiger partial charge in [-0.15, -0.1) is 0 Å². The normalized spacial score (nSPS) is 11.3. The molecule has 2 nitrogen and oxygen atoms in total. The van der Waals surface area contributed by atoms with Crippen molar-refractivity contribution in [2.75, 3.05) is 0 Å². The smallest absolute Gasteiger partial charge is 0.136 e. The molecular formula is C86H66O2. The molecule has 0 fully saturated rings. The highest BCUT2D eigenvalue weighted by Crippen LogP contribution is 2.49. The first-order valence-electron chi connectivity index (χ1n) is 31.2. The lowest BCUT2D eigenvalue weighted by molar-refractivity contribution is 0.669. The quantitative estimate of drug-likeness (QED) is 0.164. The summed E-state index contributed by atoms with van der Waals surface area (Å²) in [5.41, 5.74) is 13.7. The Kier molecular flexibility index (Phi) is 14.8. The molecule has 88 heavy (non-hydrogen) atoms. The lowest BCUT2D eigenvalue weighted by Crippen LogP contribution is -1.91. The van der Waals surface area contributed by atoms with Gasteiger partial charge in [-0.2, -0.15) is 0 Å². The van der Waals surface area contributed by atoms with Crippen molar-refractivity contribution in [3.63, 3.8) is 0 Å². The number of furan rings is 2. The van der Waals surface area contributed by atoms with Crippen LogP contribution < -0.4 is 0 Å². The lowest BCUT2D eigenvalue weighted by atomic mass is 9.84. The first-order valence-corrected chi connectivity index (χ1v) is 31.2. The second-order valence-corrected chi connectivity index (χ2v) is 21.8. The first kappa shape index (κ1) is 55.1. The van der Waals surface area contributed by atoms with Crippen molar-refractivity contribution < 1.29 is 8.83 Å². The molecule has 2 heterocycles. The Balaban J connectivity index is 0.000000143. The zero-order valence-electron chi connectivity index (χ0n) is 50.5. The van der Waals surface area contributed by atoms with Crippen LogP contribution in [0.25, 0.3) is 175 Å². The van der Waals surface area contributed by atoms with Crippen LogP contribution in [0.5, 0.6) is 0 Å². The van der Waals surface area contributed by atoms with E-state index in [4.69, 9.17) is 8.83 Å². The van der Waals surface area contributed by atoms with Crippen molar-refractivity contribution in [3.8, 4) is 44.5 Å². The zero-order valence-corrected chi connectivity index (χ0v) is 50.5. The predicted molar refractivity (Wildman–Crippen MR) is 383 cm³/mol. The lowest BCUT2D eigenvalue weighted by Gasteiger charge is -2.18. The Morgan fingerprint density at radius 3 is 0.750 bits per heavy atom. The van der Waals surface area contributed by atoms with Crippen LogP contribution in [-0.4, -0.2) is 0 Å². The van der Waals surface area contributed by atoms with Gasteiger partial charge < -0.3 is 8.83 Å². The van der Waals surface area contributed by atoms with Crippen LogP contribution in [-0.2, 0) is 0 Å². The number of fused-ring (bicyclic) bond motifs is 14. The van der Waals surface area contributed by atoms with E-state index in [1.54, 1.807) is 0 Å². The largest absolute Gasteiger partial charge is 0.456 e. The fourth-order valence-electron chi connectivity index (χ4n) is 13.6. The van der Waals surface area contributed by atoms with Crippen molar-refractivity contribution in [1.29, 1.82) is 0 Å². The zero-order chi connectivity index (χ0) is 59.8. The van der Waals surface area contributed by atoms with E-state index in [0.29, 0.717) is 0 Å². The molecule has 0 spiro atoms. The highest BCUT2D eigenvalue weighted by molar-refractivity contribution is 6.26. The third-order valence-corrected chi connectivity index (χ3v) is 17.2. The fourth-order valence-corrected chi connectivity index (χ4v) is 13.6. The van der Waals surface area contributed by atoms with Crippen LogP contribution in [0, 0.1) is 0 Å². The van der Waals surface area contributed by atoms with Crippen molar-refractivity contribution in [2.24, 2.45) is 0 Å². The summed E-state index contributed by atoms with van der Waals surface area (Å²) in [6.07, 6.45) is 0. The van der Waals surface area contributed by atoms with Gasteiger partial charge in [0.25, 0.3) is 0 Å². The molecule has 0 bridgehead atoms. The second-order valence-electron chi connectivity index (χ2n) is 21.8. The molecule has 0 aliphatic heterocycles. The van der Waals surface area contributed by atoms with E-state index >= 15 is 0 Å². The third kappa shape index (κ3) is 9.28. The minimum absolute atomic E-state index is 0.917. The Hall–Kier alpha value is -10.8. The highest BCUT2D eigenvalue weighted by atomic mass is 16.3. The maximum Gasteiger partial charge on any atom is 0.136 e. The molecule has 0 N–H and O–H groups in total. The average Bonchev–Trinajstić information content (AvgIpc) is 2.50. The molecule has 2 heteroatoms. The molecule has 0 saturated carbocycles. The molecule has 18 rings (SSSR count). The summed E-state index contributed by atoms with van der Waals surface area (Å²) in [5, 5.41) is 24.6. The van der Waals surface area contributed by atoms with Gasteiger partial charge in [0.1, 0.15) is 22.3 Å². The molecule has 0 atom stereocenters. The van der Waals surface area contributed by atoms with E-state index in [1.165, 1.54) is 131 Å². The van der Waals surface area contributed by atoms with Gasteiger partial charge in [0.05, 0.1) is 0 Å². The van der Waals surface area contributed by atoms with Crippen molar-refractivity contribution >= 4 is 130 Å². The second kappa shape index (κ2) is 23.6. The van der Waals surface area contributed by atoms with Crippen LogP contribution >= 0.6 is 0 Å². The molecule has 2 aromatic heterocycles. The van der Waals surface area contributed by atoms with Gasteiger partial charge >= 0.3 is 0 Å². The summed E-state index contributed by atoms with van der Waals surface area (Å²) in [5.74, 6) is 0. The first-order chi connectivity index (χ1) is 43.7. The fraction of sp³-hybridized carbons (Fsp3) is 0.0698. The van der Waals surface area contributed by atoms with Crippen molar-refractivity contribution in [3.05, 3.63) is 291 Å². The van der Waals surface area contributed by atoms with E-state index < -0.39 is 0 Å². The molecule has 0 amide bonds. The SMILES string of the molecule is CC.CC.CC.c1ccc2cc3c(cc2c1)oc1ccc(-c2c4ccccc4c(-c4cccc5ccccc45)c4ccccc24)cc13.c1ccc2cc3c(cc2c1)oc1ccc(-c2c4ccccc4c(-c4cccc5ccccc45)c4ccccc24)cc13. The number of hydrogen-bond acceptors (Lipinski definition) is 2. The molecule has 18 aromatic rings. The van der Waals surface area contributed by atoms with E-state index in [9.17, 15) is 0 Å². The Morgan fingerprint density at radius 1 is 0.170 bits per heavy atom. The van der Waals surface area contributed by atoms with Gasteiger partial charge in [-0.25, -0.2) is 0 Å². The van der Waals surface area contributed by atoms with E-state index in [1.807, 2.05) is 41.5 Å². The van der Waals surface area contributed by atoms with Crippen molar-refractivity contribution in [1.82, 2.24) is 0 Å². The molecule has 16 aromatic carbocycles. The Labute approximate surface area is 513 Å². The molecule has 422 valence electrons. The Morgan fingerprint density at radius 2 is 0.420 bits per heavy atom. The molecular weight excluding hydrogens is 1060 g/mol. The summed E-state index contributed by atoms with van der Waals surface area (Å²) in [7, 11) is 0. The Bertz CT molecular complexity index is 5180. The molecule has 0 unspecified atom stereocenters. The van der Waals surface area contributed by atoms with Crippen molar-refractivity contribution in [2.45, 2.75) is 41.5 Å². The number of rotatable bonds is 4. The van der Waals surface area contributed by atoms with Crippen LogP contribution in [0.4, 0.5) is 0 Å². The van der Waals surface area contributed by atoms with Gasteiger partial charge in [-0.1, -0.05) is 284 Å². The maximum absolute atomic E-state index is 6.34.